The molecule has 5 nitrogen and oxygen atoms in total. The van der Waals surface area contributed by atoms with Gasteiger partial charge in [0.25, 0.3) is 0 Å². The number of nitrogens with zero attached hydrogens (tertiary/aromatic N) is 3. The van der Waals surface area contributed by atoms with Crippen molar-refractivity contribution in [2.75, 3.05) is 0 Å². The molecule has 1 unspecified atom stereocenters. The van der Waals surface area contributed by atoms with Gasteiger partial charge in [-0.1, -0.05) is 0 Å². The molecule has 0 aliphatic carbocycles. The van der Waals surface area contributed by atoms with Crippen molar-refractivity contribution in [1.82, 2.24) is 14.8 Å². The van der Waals surface area contributed by atoms with Gasteiger partial charge in [0.1, 0.15) is 11.9 Å². The Morgan fingerprint density at radius 3 is 2.58 bits per heavy atom. The van der Waals surface area contributed by atoms with Gasteiger partial charge in [-0.05, 0) is 32.9 Å². The normalized spacial score (nSPS) is 12.7. The second-order valence-electron chi connectivity index (χ2n) is 4.86. The zero-order chi connectivity index (χ0) is 14.0. The van der Waals surface area contributed by atoms with Crippen LogP contribution in [0.15, 0.2) is 24.5 Å². The van der Waals surface area contributed by atoms with Crippen molar-refractivity contribution in [2.24, 2.45) is 7.05 Å². The number of ether oxygens (including phenoxy) is 1. The van der Waals surface area contributed by atoms with E-state index in [1.54, 1.807) is 23.1 Å². The molecule has 0 aliphatic heterocycles. The Labute approximate surface area is 112 Å². The largest absolute Gasteiger partial charge is 0.489 e. The minimum absolute atomic E-state index is 0.0770. The fraction of sp³-hybridized carbons (Fsp3) is 0.429. The average Bonchev–Trinajstić information content (AvgIpc) is 2.67. The molecule has 1 atom stereocenters. The smallest absolute Gasteiger partial charge is 0.138 e. The number of aliphatic hydroxyl groups excluding tert-OH is 1. The van der Waals surface area contributed by atoms with Gasteiger partial charge in [-0.25, -0.2) is 0 Å². The SMILES string of the molecule is Cc1cc(C(O)c2cncc(OC(C)C)c2)n(C)n1. The van der Waals surface area contributed by atoms with Crippen LogP contribution in [0.5, 0.6) is 5.75 Å². The van der Waals surface area contributed by atoms with Crippen molar-refractivity contribution in [3.05, 3.63) is 41.5 Å². The van der Waals surface area contributed by atoms with E-state index in [-0.39, 0.29) is 6.10 Å². The molecule has 19 heavy (non-hydrogen) atoms. The van der Waals surface area contributed by atoms with Crippen LogP contribution in [0.2, 0.25) is 0 Å². The molecule has 2 heterocycles. The van der Waals surface area contributed by atoms with Crippen molar-refractivity contribution in [3.8, 4) is 5.75 Å². The summed E-state index contributed by atoms with van der Waals surface area (Å²) >= 11 is 0. The van der Waals surface area contributed by atoms with Crippen molar-refractivity contribution in [3.63, 3.8) is 0 Å². The second kappa shape index (κ2) is 5.40. The van der Waals surface area contributed by atoms with E-state index in [4.69, 9.17) is 4.74 Å². The van der Waals surface area contributed by atoms with Gasteiger partial charge >= 0.3 is 0 Å². The molecule has 0 saturated heterocycles. The summed E-state index contributed by atoms with van der Waals surface area (Å²) in [6, 6.07) is 3.67. The molecule has 0 aromatic carbocycles. The lowest BCUT2D eigenvalue weighted by Crippen LogP contribution is -2.09. The molecule has 0 aliphatic rings. The Balaban J connectivity index is 2.28. The van der Waals surface area contributed by atoms with Crippen LogP contribution < -0.4 is 4.74 Å². The molecule has 2 aromatic rings. The molecule has 2 rings (SSSR count). The van der Waals surface area contributed by atoms with Gasteiger partial charge in [0.15, 0.2) is 0 Å². The van der Waals surface area contributed by atoms with Gasteiger partial charge in [-0.15, -0.1) is 0 Å². The Hall–Kier alpha value is -1.88. The molecule has 2 aromatic heterocycles. The summed E-state index contributed by atoms with van der Waals surface area (Å²) in [6.45, 7) is 5.80. The van der Waals surface area contributed by atoms with Gasteiger partial charge in [-0.3, -0.25) is 9.67 Å². The fourth-order valence-corrected chi connectivity index (χ4v) is 1.98. The standard InChI is InChI=1S/C14H19N3O2/c1-9(2)19-12-6-11(7-15-8-12)14(18)13-5-10(3)16-17(13)4/h5-9,14,18H,1-4H3. The van der Waals surface area contributed by atoms with Gasteiger partial charge in [-0.2, -0.15) is 5.10 Å². The molecule has 0 amide bonds. The fourth-order valence-electron chi connectivity index (χ4n) is 1.98. The number of hydrogen-bond acceptors (Lipinski definition) is 4. The summed E-state index contributed by atoms with van der Waals surface area (Å²) < 4.78 is 7.26. The first-order valence-electron chi connectivity index (χ1n) is 6.27. The van der Waals surface area contributed by atoms with Crippen LogP contribution in [-0.2, 0) is 7.05 Å². The Morgan fingerprint density at radius 2 is 2.00 bits per heavy atom. The molecule has 102 valence electrons. The molecule has 0 saturated carbocycles. The lowest BCUT2D eigenvalue weighted by atomic mass is 10.1. The maximum absolute atomic E-state index is 10.4. The minimum Gasteiger partial charge on any atom is -0.489 e. The molecular formula is C14H19N3O2. The lowest BCUT2D eigenvalue weighted by molar-refractivity contribution is 0.206. The van der Waals surface area contributed by atoms with Crippen LogP contribution in [0.1, 0.15) is 36.9 Å². The van der Waals surface area contributed by atoms with E-state index in [0.717, 1.165) is 11.4 Å². The highest BCUT2D eigenvalue weighted by Crippen LogP contribution is 2.24. The van der Waals surface area contributed by atoms with Gasteiger partial charge in [0.05, 0.1) is 23.7 Å². The topological polar surface area (TPSA) is 60.2 Å². The van der Waals surface area contributed by atoms with Crippen LogP contribution in [0, 0.1) is 6.92 Å². The molecule has 0 fully saturated rings. The van der Waals surface area contributed by atoms with Crippen LogP contribution in [0.4, 0.5) is 0 Å². The first-order valence-corrected chi connectivity index (χ1v) is 6.27. The van der Waals surface area contributed by atoms with E-state index < -0.39 is 6.10 Å². The van der Waals surface area contributed by atoms with E-state index >= 15 is 0 Å². The van der Waals surface area contributed by atoms with Crippen LogP contribution in [-0.4, -0.2) is 26.0 Å². The summed E-state index contributed by atoms with van der Waals surface area (Å²) in [6.07, 6.45) is 2.60. The van der Waals surface area contributed by atoms with Gasteiger partial charge < -0.3 is 9.84 Å². The van der Waals surface area contributed by atoms with Crippen molar-refractivity contribution in [2.45, 2.75) is 33.0 Å². The highest BCUT2D eigenvalue weighted by Gasteiger charge is 2.16. The molecule has 0 bridgehead atoms. The van der Waals surface area contributed by atoms with E-state index in [1.165, 1.54) is 0 Å². The lowest BCUT2D eigenvalue weighted by Gasteiger charge is -2.14. The Kier molecular flexibility index (Phi) is 3.85. The highest BCUT2D eigenvalue weighted by molar-refractivity contribution is 5.30. The monoisotopic (exact) mass is 261 g/mol. The quantitative estimate of drug-likeness (QED) is 0.914. The van der Waals surface area contributed by atoms with E-state index in [2.05, 4.69) is 10.1 Å². The number of rotatable bonds is 4. The number of aryl methyl sites for hydroxylation is 2. The number of aromatic nitrogens is 3. The van der Waals surface area contributed by atoms with Crippen molar-refractivity contribution in [1.29, 1.82) is 0 Å². The first kappa shape index (κ1) is 13.5. The summed E-state index contributed by atoms with van der Waals surface area (Å²) in [5.41, 5.74) is 2.31. The van der Waals surface area contributed by atoms with Gasteiger partial charge in [0.2, 0.25) is 0 Å². The van der Waals surface area contributed by atoms with Gasteiger partial charge in [0, 0.05) is 18.8 Å². The maximum atomic E-state index is 10.4. The predicted octanol–water partition coefficient (Wildman–Crippen LogP) is 1.99. The van der Waals surface area contributed by atoms with Crippen molar-refractivity contribution < 1.29 is 9.84 Å². The van der Waals surface area contributed by atoms with Crippen LogP contribution in [0.25, 0.3) is 0 Å². The third kappa shape index (κ3) is 3.12. The Morgan fingerprint density at radius 1 is 1.26 bits per heavy atom. The summed E-state index contributed by atoms with van der Waals surface area (Å²) in [5, 5.41) is 14.6. The third-order valence-electron chi connectivity index (χ3n) is 2.74. The zero-order valence-corrected chi connectivity index (χ0v) is 11.7. The maximum Gasteiger partial charge on any atom is 0.138 e. The minimum atomic E-state index is -0.755. The molecule has 0 radical (unpaired) electrons. The molecule has 1 N–H and O–H groups in total. The molecular weight excluding hydrogens is 242 g/mol. The summed E-state index contributed by atoms with van der Waals surface area (Å²) in [4.78, 5) is 4.11. The number of pyridine rings is 1. The predicted molar refractivity (Wildman–Crippen MR) is 72.0 cm³/mol. The van der Waals surface area contributed by atoms with Crippen LogP contribution in [0.3, 0.4) is 0 Å². The third-order valence-corrected chi connectivity index (χ3v) is 2.74. The average molecular weight is 261 g/mol. The second-order valence-corrected chi connectivity index (χ2v) is 4.86. The molecule has 0 spiro atoms. The van der Waals surface area contributed by atoms with E-state index in [1.807, 2.05) is 33.9 Å². The number of aliphatic hydroxyl groups is 1. The summed E-state index contributed by atoms with van der Waals surface area (Å²) in [7, 11) is 1.81. The van der Waals surface area contributed by atoms with E-state index in [9.17, 15) is 5.11 Å². The first-order chi connectivity index (χ1) is 8.97. The molecule has 5 heteroatoms. The zero-order valence-electron chi connectivity index (χ0n) is 11.7. The Bertz CT molecular complexity index is 564. The van der Waals surface area contributed by atoms with Crippen molar-refractivity contribution >= 4 is 0 Å². The summed E-state index contributed by atoms with van der Waals surface area (Å²) in [5.74, 6) is 0.658. The number of hydrogen-bond donors (Lipinski definition) is 1. The van der Waals surface area contributed by atoms with Crippen LogP contribution >= 0.6 is 0 Å². The highest BCUT2D eigenvalue weighted by atomic mass is 16.5. The van der Waals surface area contributed by atoms with E-state index in [0.29, 0.717) is 11.3 Å².